The maximum absolute atomic E-state index is 14.1. The zero-order valence-corrected chi connectivity index (χ0v) is 26.7. The molecule has 0 saturated heterocycles. The summed E-state index contributed by atoms with van der Waals surface area (Å²) in [5, 5.41) is 21.9. The van der Waals surface area contributed by atoms with Gasteiger partial charge >= 0.3 is 0 Å². The van der Waals surface area contributed by atoms with E-state index in [0.717, 1.165) is 5.56 Å². The number of amides is 3. The fraction of sp³-hybridized carbons (Fsp3) is 0.205. The maximum atomic E-state index is 14.1. The summed E-state index contributed by atoms with van der Waals surface area (Å²) in [7, 11) is 0. The largest absolute Gasteiger partial charge is 0.454 e. The third-order valence-corrected chi connectivity index (χ3v) is 8.78. The predicted molar refractivity (Wildman–Crippen MR) is 184 cm³/mol. The van der Waals surface area contributed by atoms with E-state index in [1.54, 1.807) is 84.6 Å². The van der Waals surface area contributed by atoms with Crippen LogP contribution in [-0.4, -0.2) is 52.5 Å². The monoisotopic (exact) mass is 643 g/mol. The summed E-state index contributed by atoms with van der Waals surface area (Å²) < 4.78 is 6.15. The molecule has 0 radical (unpaired) electrons. The van der Waals surface area contributed by atoms with Gasteiger partial charge in [0, 0.05) is 43.2 Å². The number of carbonyl (C=O) groups excluding carboxylic acids is 3. The molecule has 2 heterocycles. The van der Waals surface area contributed by atoms with Crippen LogP contribution in [0.4, 0.5) is 17.1 Å². The molecular formula is C39H37N3O6. The molecule has 2 atom stereocenters. The van der Waals surface area contributed by atoms with Gasteiger partial charge < -0.3 is 24.7 Å². The van der Waals surface area contributed by atoms with Gasteiger partial charge in [0.05, 0.1) is 23.5 Å². The van der Waals surface area contributed by atoms with Crippen LogP contribution in [0.3, 0.4) is 0 Å². The first-order valence-electron chi connectivity index (χ1n) is 15.9. The number of nitrogens with zero attached hydrogens (tertiary/aromatic N) is 3. The van der Waals surface area contributed by atoms with Gasteiger partial charge in [-0.2, -0.15) is 0 Å². The highest BCUT2D eigenvalue weighted by molar-refractivity contribution is 6.15. The van der Waals surface area contributed by atoms with Gasteiger partial charge in [-0.25, -0.2) is 0 Å². The van der Waals surface area contributed by atoms with Gasteiger partial charge in [-0.15, -0.1) is 6.58 Å². The first-order valence-corrected chi connectivity index (χ1v) is 15.9. The third kappa shape index (κ3) is 5.90. The zero-order valence-electron chi connectivity index (χ0n) is 26.7. The summed E-state index contributed by atoms with van der Waals surface area (Å²) in [6, 6.07) is 28.9. The third-order valence-electron chi connectivity index (χ3n) is 8.78. The Morgan fingerprint density at radius 3 is 2.42 bits per heavy atom. The van der Waals surface area contributed by atoms with Crippen LogP contribution in [0.1, 0.15) is 34.8 Å². The number of hydrogen-bond acceptors (Lipinski definition) is 6. The van der Waals surface area contributed by atoms with E-state index < -0.39 is 17.4 Å². The van der Waals surface area contributed by atoms with Crippen molar-refractivity contribution >= 4 is 34.8 Å². The number of ether oxygens (including phenoxy) is 1. The van der Waals surface area contributed by atoms with Crippen molar-refractivity contribution in [2.24, 2.45) is 5.92 Å². The van der Waals surface area contributed by atoms with Crippen LogP contribution in [-0.2, 0) is 21.7 Å². The highest BCUT2D eigenvalue weighted by Crippen LogP contribution is 2.49. The standard InChI is InChI=1S/C39H37N3O6/c1-3-22-41-32-21-20-29(42-33-16-8-10-18-35(33)48-34-17-9-7-15-30(34)37(42)45)25-31(32)39(47,38(41)46)27(2)12-11-19-36(44)40(23-24-43)26-28-13-5-4-6-14-28/h3-18,20-21,25,27,43,47H,1,19,22-24,26H2,2H3/b12-11+/t27-,39+/m0/s1. The minimum absolute atomic E-state index is 0.0170. The Morgan fingerprint density at radius 1 is 0.958 bits per heavy atom. The van der Waals surface area contributed by atoms with Crippen molar-refractivity contribution in [3.05, 3.63) is 139 Å². The molecular weight excluding hydrogens is 606 g/mol. The van der Waals surface area contributed by atoms with Crippen molar-refractivity contribution in [2.75, 3.05) is 29.5 Å². The van der Waals surface area contributed by atoms with E-state index in [2.05, 4.69) is 6.58 Å². The second-order valence-electron chi connectivity index (χ2n) is 11.8. The zero-order chi connectivity index (χ0) is 33.8. The van der Waals surface area contributed by atoms with Crippen molar-refractivity contribution in [3.63, 3.8) is 0 Å². The number of aliphatic hydroxyl groups is 2. The molecule has 2 aliphatic rings. The van der Waals surface area contributed by atoms with E-state index in [-0.39, 0.29) is 37.9 Å². The average molecular weight is 644 g/mol. The summed E-state index contributed by atoms with van der Waals surface area (Å²) in [4.78, 5) is 45.8. The van der Waals surface area contributed by atoms with E-state index in [0.29, 0.717) is 46.2 Å². The molecule has 6 rings (SSSR count). The Bertz CT molecular complexity index is 1890. The SMILES string of the molecule is C=CCN1C(=O)[C@@](O)([C@@H](C)/C=C/CC(=O)N(CCO)Cc2ccccc2)c2cc(N3C(=O)c4ccccc4Oc4ccccc43)ccc21. The summed E-state index contributed by atoms with van der Waals surface area (Å²) in [5.41, 5.74) is 1.13. The lowest BCUT2D eigenvalue weighted by Gasteiger charge is -2.28. The highest BCUT2D eigenvalue weighted by atomic mass is 16.5. The van der Waals surface area contributed by atoms with Gasteiger partial charge in [-0.3, -0.25) is 19.3 Å². The molecule has 4 aromatic rings. The first-order chi connectivity index (χ1) is 23.3. The molecule has 0 saturated carbocycles. The summed E-state index contributed by atoms with van der Waals surface area (Å²) in [5.74, 6) is -0.881. The maximum Gasteiger partial charge on any atom is 0.266 e. The van der Waals surface area contributed by atoms with E-state index in [1.807, 2.05) is 42.5 Å². The number of carbonyl (C=O) groups is 3. The minimum atomic E-state index is -1.99. The second kappa shape index (κ2) is 13.7. The van der Waals surface area contributed by atoms with Crippen LogP contribution in [0.25, 0.3) is 0 Å². The molecule has 9 nitrogen and oxygen atoms in total. The lowest BCUT2D eigenvalue weighted by atomic mass is 9.82. The van der Waals surface area contributed by atoms with Crippen molar-refractivity contribution in [2.45, 2.75) is 25.5 Å². The fourth-order valence-corrected chi connectivity index (χ4v) is 6.31. The van der Waals surface area contributed by atoms with E-state index in [4.69, 9.17) is 4.74 Å². The van der Waals surface area contributed by atoms with Crippen LogP contribution >= 0.6 is 0 Å². The molecule has 3 amide bonds. The highest BCUT2D eigenvalue weighted by Gasteiger charge is 2.52. The molecule has 0 aromatic heterocycles. The van der Waals surface area contributed by atoms with Crippen molar-refractivity contribution in [3.8, 4) is 11.5 Å². The number of rotatable bonds is 11. The second-order valence-corrected chi connectivity index (χ2v) is 11.8. The number of fused-ring (bicyclic) bond motifs is 3. The van der Waals surface area contributed by atoms with Gasteiger partial charge in [0.25, 0.3) is 11.8 Å². The van der Waals surface area contributed by atoms with Crippen molar-refractivity contribution in [1.29, 1.82) is 0 Å². The van der Waals surface area contributed by atoms with Crippen LogP contribution in [0, 0.1) is 5.92 Å². The fourth-order valence-electron chi connectivity index (χ4n) is 6.31. The minimum Gasteiger partial charge on any atom is -0.454 e. The Kier molecular flexibility index (Phi) is 9.25. The smallest absolute Gasteiger partial charge is 0.266 e. The lowest BCUT2D eigenvalue weighted by molar-refractivity contribution is -0.139. The van der Waals surface area contributed by atoms with Gasteiger partial charge in [0.2, 0.25) is 5.91 Å². The Labute approximate surface area is 279 Å². The number of para-hydroxylation sites is 3. The van der Waals surface area contributed by atoms with Crippen LogP contribution in [0.5, 0.6) is 11.5 Å². The molecule has 244 valence electrons. The first kappa shape index (κ1) is 32.4. The van der Waals surface area contributed by atoms with E-state index in [1.165, 1.54) is 9.80 Å². The molecule has 0 unspecified atom stereocenters. The average Bonchev–Trinajstić information content (AvgIpc) is 3.23. The predicted octanol–water partition coefficient (Wildman–Crippen LogP) is 6.09. The molecule has 4 aromatic carbocycles. The quantitative estimate of drug-likeness (QED) is 0.191. The van der Waals surface area contributed by atoms with Crippen LogP contribution in [0.15, 0.2) is 122 Å². The lowest BCUT2D eigenvalue weighted by Crippen LogP contribution is -2.44. The van der Waals surface area contributed by atoms with Gasteiger partial charge in [0.1, 0.15) is 5.75 Å². The summed E-state index contributed by atoms with van der Waals surface area (Å²) in [6.45, 7) is 6.05. The molecule has 0 bridgehead atoms. The topological polar surface area (TPSA) is 111 Å². The Balaban J connectivity index is 1.33. The van der Waals surface area contributed by atoms with Crippen LogP contribution < -0.4 is 14.5 Å². The molecule has 9 heteroatoms. The number of aliphatic hydroxyl groups excluding tert-OH is 1. The Morgan fingerprint density at radius 2 is 1.67 bits per heavy atom. The van der Waals surface area contributed by atoms with Gasteiger partial charge in [0.15, 0.2) is 11.4 Å². The summed E-state index contributed by atoms with van der Waals surface area (Å²) in [6.07, 6.45) is 4.92. The van der Waals surface area contributed by atoms with Gasteiger partial charge in [-0.05, 0) is 48.0 Å². The number of benzene rings is 4. The summed E-state index contributed by atoms with van der Waals surface area (Å²) >= 11 is 0. The van der Waals surface area contributed by atoms with Crippen molar-refractivity contribution in [1.82, 2.24) is 4.90 Å². The Hall–Kier alpha value is -5.51. The molecule has 48 heavy (non-hydrogen) atoms. The van der Waals surface area contributed by atoms with Crippen LogP contribution in [0.2, 0.25) is 0 Å². The molecule has 2 N–H and O–H groups in total. The van der Waals surface area contributed by atoms with Gasteiger partial charge in [-0.1, -0.05) is 79.7 Å². The van der Waals surface area contributed by atoms with Crippen molar-refractivity contribution < 1.29 is 29.3 Å². The molecule has 2 aliphatic heterocycles. The normalized spacial score (nSPS) is 17.3. The molecule has 0 aliphatic carbocycles. The molecule has 0 spiro atoms. The van der Waals surface area contributed by atoms with E-state index in [9.17, 15) is 24.6 Å². The number of anilines is 3. The number of hydrogen-bond donors (Lipinski definition) is 2. The molecule has 0 fully saturated rings. The van der Waals surface area contributed by atoms with E-state index >= 15 is 0 Å².